The summed E-state index contributed by atoms with van der Waals surface area (Å²) in [4.78, 5) is 14.6. The Morgan fingerprint density at radius 1 is 1.64 bits per heavy atom. The van der Waals surface area contributed by atoms with Gasteiger partial charge in [-0.05, 0) is 6.42 Å². The molecule has 0 saturated heterocycles. The second-order valence-corrected chi connectivity index (χ2v) is 3.18. The van der Waals surface area contributed by atoms with Crippen LogP contribution in [0.25, 0.3) is 0 Å². The third-order valence-corrected chi connectivity index (χ3v) is 2.05. The highest BCUT2D eigenvalue weighted by molar-refractivity contribution is 5.93. The van der Waals surface area contributed by atoms with Crippen molar-refractivity contribution in [3.05, 3.63) is 12.0 Å². The molecule has 1 rings (SSSR count). The highest BCUT2D eigenvalue weighted by Crippen LogP contribution is 2.14. The van der Waals surface area contributed by atoms with Crippen LogP contribution in [0, 0.1) is 0 Å². The Kier molecular flexibility index (Phi) is 3.50. The molecule has 1 aromatic rings. The molecule has 1 heterocycles. The first kappa shape index (κ1) is 10.6. The van der Waals surface area contributed by atoms with Gasteiger partial charge in [-0.2, -0.15) is 0 Å². The van der Waals surface area contributed by atoms with Crippen molar-refractivity contribution in [2.75, 3.05) is 0 Å². The van der Waals surface area contributed by atoms with E-state index in [1.165, 1.54) is 6.33 Å². The zero-order chi connectivity index (χ0) is 10.6. The van der Waals surface area contributed by atoms with E-state index < -0.39 is 5.91 Å². The van der Waals surface area contributed by atoms with Crippen LogP contribution in [0.5, 0.6) is 5.88 Å². The summed E-state index contributed by atoms with van der Waals surface area (Å²) < 4.78 is 1.59. The van der Waals surface area contributed by atoms with Crippen LogP contribution < -0.4 is 5.73 Å². The molecule has 78 valence electrons. The number of aromatic hydroxyl groups is 1. The van der Waals surface area contributed by atoms with Crippen LogP contribution in [-0.4, -0.2) is 20.6 Å². The maximum absolute atomic E-state index is 10.9. The average Bonchev–Trinajstić information content (AvgIpc) is 2.47. The smallest absolute Gasteiger partial charge is 0.271 e. The van der Waals surface area contributed by atoms with Crippen LogP contribution in [0.15, 0.2) is 6.33 Å². The van der Waals surface area contributed by atoms with Gasteiger partial charge in [-0.25, -0.2) is 4.98 Å². The number of nitrogens with two attached hydrogens (primary N) is 1. The van der Waals surface area contributed by atoms with Crippen molar-refractivity contribution in [2.24, 2.45) is 5.73 Å². The van der Waals surface area contributed by atoms with E-state index in [0.717, 1.165) is 19.3 Å². The number of carbonyl (C=O) groups excluding carboxylic acids is 1. The largest absolute Gasteiger partial charge is 0.492 e. The molecule has 0 aliphatic heterocycles. The number of hydrogen-bond acceptors (Lipinski definition) is 3. The van der Waals surface area contributed by atoms with Gasteiger partial charge in [0.05, 0.1) is 6.33 Å². The van der Waals surface area contributed by atoms with Crippen molar-refractivity contribution in [1.82, 2.24) is 9.55 Å². The second kappa shape index (κ2) is 4.64. The fourth-order valence-electron chi connectivity index (χ4n) is 1.33. The Bertz CT molecular complexity index is 320. The predicted octanol–water partition coefficient (Wildman–Crippen LogP) is 0.878. The Morgan fingerprint density at radius 2 is 2.36 bits per heavy atom. The number of carbonyl (C=O) groups is 1. The molecule has 1 aromatic heterocycles. The van der Waals surface area contributed by atoms with Crippen molar-refractivity contribution < 1.29 is 9.90 Å². The number of unbranched alkanes of at least 4 members (excludes halogenated alkanes) is 2. The van der Waals surface area contributed by atoms with Gasteiger partial charge < -0.3 is 15.4 Å². The summed E-state index contributed by atoms with van der Waals surface area (Å²) in [7, 11) is 0. The molecule has 14 heavy (non-hydrogen) atoms. The van der Waals surface area contributed by atoms with E-state index in [2.05, 4.69) is 11.9 Å². The first-order valence-electron chi connectivity index (χ1n) is 4.70. The lowest BCUT2D eigenvalue weighted by molar-refractivity contribution is 0.0988. The maximum Gasteiger partial charge on any atom is 0.271 e. The van der Waals surface area contributed by atoms with E-state index in [-0.39, 0.29) is 11.6 Å². The Hall–Kier alpha value is -1.52. The summed E-state index contributed by atoms with van der Waals surface area (Å²) in [5.74, 6) is -0.925. The van der Waals surface area contributed by atoms with Gasteiger partial charge in [0.15, 0.2) is 5.69 Å². The van der Waals surface area contributed by atoms with Crippen molar-refractivity contribution in [3.8, 4) is 5.88 Å². The third kappa shape index (κ3) is 2.25. The topological polar surface area (TPSA) is 81.1 Å². The Balaban J connectivity index is 2.71. The number of imidazole rings is 1. The van der Waals surface area contributed by atoms with E-state index in [1.54, 1.807) is 4.57 Å². The Labute approximate surface area is 82.6 Å². The molecule has 0 aliphatic rings. The molecular weight excluding hydrogens is 182 g/mol. The monoisotopic (exact) mass is 197 g/mol. The van der Waals surface area contributed by atoms with E-state index in [4.69, 9.17) is 5.73 Å². The van der Waals surface area contributed by atoms with Gasteiger partial charge in [-0.15, -0.1) is 0 Å². The van der Waals surface area contributed by atoms with Gasteiger partial charge in [0.1, 0.15) is 0 Å². The minimum Gasteiger partial charge on any atom is -0.492 e. The predicted molar refractivity (Wildman–Crippen MR) is 51.9 cm³/mol. The molecule has 0 aliphatic carbocycles. The van der Waals surface area contributed by atoms with Gasteiger partial charge >= 0.3 is 0 Å². The molecule has 0 fully saturated rings. The van der Waals surface area contributed by atoms with Crippen LogP contribution in [0.1, 0.15) is 36.7 Å². The minimum absolute atomic E-state index is 0.0982. The molecule has 0 spiro atoms. The van der Waals surface area contributed by atoms with Crippen LogP contribution in [-0.2, 0) is 6.54 Å². The summed E-state index contributed by atoms with van der Waals surface area (Å²) in [5.41, 5.74) is 5.20. The number of aromatic nitrogens is 2. The number of nitrogens with zero attached hydrogens (tertiary/aromatic N) is 2. The van der Waals surface area contributed by atoms with Crippen molar-refractivity contribution in [1.29, 1.82) is 0 Å². The SMILES string of the molecule is CCCCCn1cnc(O)c1C(N)=O. The van der Waals surface area contributed by atoms with E-state index in [1.807, 2.05) is 0 Å². The van der Waals surface area contributed by atoms with Gasteiger partial charge in [0.25, 0.3) is 5.91 Å². The summed E-state index contributed by atoms with van der Waals surface area (Å²) >= 11 is 0. The van der Waals surface area contributed by atoms with Crippen molar-refractivity contribution >= 4 is 5.91 Å². The molecule has 0 aromatic carbocycles. The number of aryl methyl sites for hydroxylation is 1. The first-order chi connectivity index (χ1) is 6.66. The second-order valence-electron chi connectivity index (χ2n) is 3.18. The molecule has 0 atom stereocenters. The van der Waals surface area contributed by atoms with E-state index in [9.17, 15) is 9.90 Å². The molecule has 0 bridgehead atoms. The van der Waals surface area contributed by atoms with E-state index >= 15 is 0 Å². The summed E-state index contributed by atoms with van der Waals surface area (Å²) in [6.45, 7) is 2.76. The molecule has 0 radical (unpaired) electrons. The average molecular weight is 197 g/mol. The first-order valence-corrected chi connectivity index (χ1v) is 4.70. The van der Waals surface area contributed by atoms with Crippen molar-refractivity contribution in [3.63, 3.8) is 0 Å². The molecule has 0 saturated carbocycles. The Morgan fingerprint density at radius 3 is 2.93 bits per heavy atom. The standard InChI is InChI=1S/C9H15N3O2/c1-2-3-4-5-12-6-11-9(14)7(12)8(10)13/h6,14H,2-5H2,1H3,(H2,10,13). The number of rotatable bonds is 5. The van der Waals surface area contributed by atoms with Crippen LogP contribution in [0.2, 0.25) is 0 Å². The van der Waals surface area contributed by atoms with Gasteiger partial charge in [-0.1, -0.05) is 19.8 Å². The van der Waals surface area contributed by atoms with Gasteiger partial charge in [0.2, 0.25) is 5.88 Å². The molecule has 3 N–H and O–H groups in total. The summed E-state index contributed by atoms with van der Waals surface area (Å²) in [5, 5.41) is 9.23. The van der Waals surface area contributed by atoms with Gasteiger partial charge in [-0.3, -0.25) is 4.79 Å². The number of primary amides is 1. The fourth-order valence-corrected chi connectivity index (χ4v) is 1.33. The van der Waals surface area contributed by atoms with Crippen molar-refractivity contribution in [2.45, 2.75) is 32.7 Å². The van der Waals surface area contributed by atoms with Crippen LogP contribution in [0.4, 0.5) is 0 Å². The van der Waals surface area contributed by atoms with Crippen LogP contribution in [0.3, 0.4) is 0 Å². The minimum atomic E-state index is -0.642. The van der Waals surface area contributed by atoms with Crippen LogP contribution >= 0.6 is 0 Å². The maximum atomic E-state index is 10.9. The lowest BCUT2D eigenvalue weighted by atomic mass is 10.2. The zero-order valence-electron chi connectivity index (χ0n) is 8.23. The van der Waals surface area contributed by atoms with Gasteiger partial charge in [0, 0.05) is 6.54 Å². The zero-order valence-corrected chi connectivity index (χ0v) is 8.23. The normalized spacial score (nSPS) is 10.4. The molecular formula is C9H15N3O2. The third-order valence-electron chi connectivity index (χ3n) is 2.05. The summed E-state index contributed by atoms with van der Waals surface area (Å²) in [6, 6.07) is 0. The number of amides is 1. The lowest BCUT2D eigenvalue weighted by Crippen LogP contribution is -2.16. The summed E-state index contributed by atoms with van der Waals surface area (Å²) in [6.07, 6.45) is 4.57. The quantitative estimate of drug-likeness (QED) is 0.687. The highest BCUT2D eigenvalue weighted by atomic mass is 16.3. The molecule has 1 amide bonds. The fraction of sp³-hybridized carbons (Fsp3) is 0.556. The number of hydrogen-bond donors (Lipinski definition) is 2. The molecule has 0 unspecified atom stereocenters. The lowest BCUT2D eigenvalue weighted by Gasteiger charge is -2.04. The van der Waals surface area contributed by atoms with E-state index in [0.29, 0.717) is 6.54 Å². The molecule has 5 nitrogen and oxygen atoms in total. The molecule has 5 heteroatoms. The highest BCUT2D eigenvalue weighted by Gasteiger charge is 2.14.